The summed E-state index contributed by atoms with van der Waals surface area (Å²) in [5.41, 5.74) is 1.36. The van der Waals surface area contributed by atoms with E-state index in [0.29, 0.717) is 40.2 Å². The van der Waals surface area contributed by atoms with Crippen molar-refractivity contribution in [2.75, 3.05) is 13.7 Å². The van der Waals surface area contributed by atoms with Crippen LogP contribution in [0, 0.1) is 12.7 Å². The molecule has 0 bridgehead atoms. The summed E-state index contributed by atoms with van der Waals surface area (Å²) in [5.74, 6) is 0.709. The summed E-state index contributed by atoms with van der Waals surface area (Å²) >= 11 is 2.77. The van der Waals surface area contributed by atoms with Crippen molar-refractivity contribution < 1.29 is 13.7 Å². The average molecular weight is 447 g/mol. The van der Waals surface area contributed by atoms with E-state index in [1.165, 1.54) is 35.2 Å². The van der Waals surface area contributed by atoms with Crippen LogP contribution in [0.1, 0.15) is 23.9 Å². The van der Waals surface area contributed by atoms with E-state index in [4.69, 9.17) is 14.2 Å². The number of ether oxygens (including phenoxy) is 1. The Balaban J connectivity index is 1.80. The van der Waals surface area contributed by atoms with Gasteiger partial charge in [0.25, 0.3) is 5.56 Å². The van der Waals surface area contributed by atoms with Crippen molar-refractivity contribution >= 4 is 33.3 Å². The monoisotopic (exact) mass is 446 g/mol. The maximum atomic E-state index is 13.4. The zero-order chi connectivity index (χ0) is 21.3. The van der Waals surface area contributed by atoms with Crippen LogP contribution in [-0.2, 0) is 11.3 Å². The topological polar surface area (TPSA) is 83.0 Å². The minimum atomic E-state index is -0.321. The van der Waals surface area contributed by atoms with Gasteiger partial charge in [-0.05, 0) is 31.5 Å². The molecule has 0 aliphatic heterocycles. The highest BCUT2D eigenvalue weighted by molar-refractivity contribution is 7.99. The first-order valence-electron chi connectivity index (χ1n) is 9.21. The third-order valence-electron chi connectivity index (χ3n) is 4.51. The van der Waals surface area contributed by atoms with Crippen molar-refractivity contribution in [2.24, 2.45) is 0 Å². The Hall–Kier alpha value is -2.56. The van der Waals surface area contributed by atoms with Gasteiger partial charge in [-0.15, -0.1) is 11.3 Å². The van der Waals surface area contributed by atoms with Crippen molar-refractivity contribution in [3.8, 4) is 11.1 Å². The Kier molecular flexibility index (Phi) is 5.98. The second-order valence-electron chi connectivity index (χ2n) is 6.62. The number of rotatable bonds is 7. The van der Waals surface area contributed by atoms with E-state index < -0.39 is 0 Å². The van der Waals surface area contributed by atoms with Gasteiger partial charge >= 0.3 is 0 Å². The van der Waals surface area contributed by atoms with E-state index in [-0.39, 0.29) is 16.6 Å². The lowest BCUT2D eigenvalue weighted by atomic mass is 10.1. The smallest absolute Gasteiger partial charge is 0.263 e. The highest BCUT2D eigenvalue weighted by atomic mass is 32.2. The maximum Gasteiger partial charge on any atom is 0.263 e. The van der Waals surface area contributed by atoms with Gasteiger partial charge in [-0.2, -0.15) is 4.98 Å². The quantitative estimate of drug-likeness (QED) is 0.306. The molecule has 0 saturated carbocycles. The molecular weight excluding hydrogens is 427 g/mol. The van der Waals surface area contributed by atoms with Crippen LogP contribution in [0.15, 0.2) is 44.1 Å². The first-order chi connectivity index (χ1) is 14.5. The number of nitrogens with zero attached hydrogens (tertiary/aromatic N) is 4. The fraction of sp³-hybridized carbons (Fsp3) is 0.300. The van der Waals surface area contributed by atoms with Crippen LogP contribution in [0.3, 0.4) is 0 Å². The van der Waals surface area contributed by atoms with Gasteiger partial charge in [0.1, 0.15) is 10.6 Å². The lowest BCUT2D eigenvalue weighted by molar-refractivity contribution is 0.183. The summed E-state index contributed by atoms with van der Waals surface area (Å²) in [7, 11) is 1.59. The Morgan fingerprint density at radius 1 is 1.30 bits per heavy atom. The number of hydrogen-bond donors (Lipinski definition) is 0. The van der Waals surface area contributed by atoms with Crippen molar-refractivity contribution in [3.63, 3.8) is 0 Å². The maximum absolute atomic E-state index is 13.4. The molecule has 10 heteroatoms. The minimum Gasteiger partial charge on any atom is -0.383 e. The molecule has 0 fully saturated rings. The fourth-order valence-corrected chi connectivity index (χ4v) is 4.96. The lowest BCUT2D eigenvalue weighted by Crippen LogP contribution is -2.25. The van der Waals surface area contributed by atoms with Crippen molar-refractivity contribution in [1.82, 2.24) is 19.7 Å². The number of halogens is 1. The largest absolute Gasteiger partial charge is 0.383 e. The summed E-state index contributed by atoms with van der Waals surface area (Å²) in [5, 5.41) is 6.61. The summed E-state index contributed by atoms with van der Waals surface area (Å²) in [6, 6.07) is 6.10. The van der Waals surface area contributed by atoms with Crippen molar-refractivity contribution in [1.29, 1.82) is 0 Å². The number of aryl methyl sites for hydroxylation is 1. The molecule has 0 aliphatic rings. The number of aromatic nitrogens is 4. The van der Waals surface area contributed by atoms with E-state index in [0.717, 1.165) is 11.1 Å². The Labute approximate surface area is 179 Å². The van der Waals surface area contributed by atoms with Gasteiger partial charge in [0.05, 0.1) is 23.8 Å². The van der Waals surface area contributed by atoms with Gasteiger partial charge < -0.3 is 9.26 Å². The average Bonchev–Trinajstić information content (AvgIpc) is 3.35. The molecule has 4 rings (SSSR count). The summed E-state index contributed by atoms with van der Waals surface area (Å²) in [6.45, 7) is 4.40. The number of hydrogen-bond acceptors (Lipinski definition) is 8. The minimum absolute atomic E-state index is 0.158. The molecule has 3 aromatic heterocycles. The zero-order valence-electron chi connectivity index (χ0n) is 16.6. The molecule has 0 amide bonds. The molecule has 0 unspecified atom stereocenters. The summed E-state index contributed by atoms with van der Waals surface area (Å²) in [4.78, 5) is 23.1. The van der Waals surface area contributed by atoms with E-state index in [1.807, 2.05) is 12.3 Å². The lowest BCUT2D eigenvalue weighted by Gasteiger charge is -2.14. The van der Waals surface area contributed by atoms with Gasteiger partial charge in [0.15, 0.2) is 11.0 Å². The predicted molar refractivity (Wildman–Crippen MR) is 114 cm³/mol. The number of fused-ring (bicyclic) bond motifs is 1. The highest BCUT2D eigenvalue weighted by Crippen LogP contribution is 2.36. The van der Waals surface area contributed by atoms with E-state index in [2.05, 4.69) is 10.1 Å². The van der Waals surface area contributed by atoms with E-state index >= 15 is 0 Å². The molecule has 0 N–H and O–H groups in total. The van der Waals surface area contributed by atoms with Crippen molar-refractivity contribution in [3.05, 3.63) is 57.5 Å². The van der Waals surface area contributed by atoms with Crippen LogP contribution in [0.2, 0.25) is 0 Å². The Bertz CT molecular complexity index is 1230. The van der Waals surface area contributed by atoms with Gasteiger partial charge in [-0.1, -0.05) is 29.1 Å². The molecule has 7 nitrogen and oxygen atoms in total. The number of thioether (sulfide) groups is 1. The standard InChI is InChI=1S/C20H19FN4O3S2/c1-11(17-22-12(2)24-28-17)30-20-23-18-16(19(26)25(20)8-9-27-3)15(10-29-18)13-4-6-14(21)7-5-13/h4-7,10-11H,8-9H2,1-3H3/t11-/m1/s1. The molecule has 1 aromatic carbocycles. The van der Waals surface area contributed by atoms with Crippen LogP contribution in [0.4, 0.5) is 4.39 Å². The van der Waals surface area contributed by atoms with Crippen molar-refractivity contribution in [2.45, 2.75) is 30.8 Å². The molecule has 3 heterocycles. The molecule has 1 atom stereocenters. The third kappa shape index (κ3) is 4.03. The number of methoxy groups -OCH3 is 1. The number of thiophene rings is 1. The molecule has 156 valence electrons. The molecule has 4 aromatic rings. The second kappa shape index (κ2) is 8.66. The summed E-state index contributed by atoms with van der Waals surface area (Å²) < 4.78 is 25.4. The van der Waals surface area contributed by atoms with Gasteiger partial charge in [0, 0.05) is 18.1 Å². The second-order valence-corrected chi connectivity index (χ2v) is 8.79. The summed E-state index contributed by atoms with van der Waals surface area (Å²) in [6.07, 6.45) is 0. The molecule has 0 radical (unpaired) electrons. The van der Waals surface area contributed by atoms with Crippen LogP contribution in [-0.4, -0.2) is 33.4 Å². The van der Waals surface area contributed by atoms with E-state index in [9.17, 15) is 9.18 Å². The highest BCUT2D eigenvalue weighted by Gasteiger charge is 2.21. The van der Waals surface area contributed by atoms with Gasteiger partial charge in [-0.25, -0.2) is 9.37 Å². The third-order valence-corrected chi connectivity index (χ3v) is 6.46. The molecular formula is C20H19FN4O3S2. The van der Waals surface area contributed by atoms with Crippen LogP contribution in [0.5, 0.6) is 0 Å². The first-order valence-corrected chi connectivity index (χ1v) is 11.0. The normalized spacial score (nSPS) is 12.5. The van der Waals surface area contributed by atoms with Crippen LogP contribution >= 0.6 is 23.1 Å². The van der Waals surface area contributed by atoms with Crippen LogP contribution < -0.4 is 5.56 Å². The molecule has 0 saturated heterocycles. The van der Waals surface area contributed by atoms with E-state index in [1.54, 1.807) is 30.7 Å². The Morgan fingerprint density at radius 2 is 2.07 bits per heavy atom. The van der Waals surface area contributed by atoms with Gasteiger partial charge in [-0.3, -0.25) is 9.36 Å². The first kappa shape index (κ1) is 20.7. The SMILES string of the molecule is COCCn1c(S[C@H](C)c2nc(C)no2)nc2scc(-c3ccc(F)cc3)c2c1=O. The fourth-order valence-electron chi connectivity index (χ4n) is 3.00. The van der Waals surface area contributed by atoms with Crippen LogP contribution in [0.25, 0.3) is 21.3 Å². The zero-order valence-corrected chi connectivity index (χ0v) is 18.2. The number of benzene rings is 1. The molecule has 30 heavy (non-hydrogen) atoms. The molecule has 0 spiro atoms. The predicted octanol–water partition coefficient (Wildman–Crippen LogP) is 4.46. The van der Waals surface area contributed by atoms with Gasteiger partial charge in [0.2, 0.25) is 5.89 Å². The Morgan fingerprint density at radius 3 is 2.73 bits per heavy atom. The molecule has 0 aliphatic carbocycles.